The molecule has 0 aromatic heterocycles. The van der Waals surface area contributed by atoms with Crippen LogP contribution in [0.3, 0.4) is 0 Å². The summed E-state index contributed by atoms with van der Waals surface area (Å²) in [7, 11) is 1.77. The Labute approximate surface area is 54.7 Å². The van der Waals surface area contributed by atoms with Crippen molar-refractivity contribution >= 4 is 31.0 Å². The molecule has 0 unspecified atom stereocenters. The minimum absolute atomic E-state index is 0.317. The molecule has 0 aromatic carbocycles. The Morgan fingerprint density at radius 2 is 2.50 bits per heavy atom. The van der Waals surface area contributed by atoms with E-state index >= 15 is 0 Å². The fourth-order valence-corrected chi connectivity index (χ4v) is 0.602. The topological polar surface area (TPSA) is 29.1 Å². The van der Waals surface area contributed by atoms with Crippen LogP contribution in [0, 0.1) is 0 Å². The molecule has 0 atom stereocenters. The van der Waals surface area contributed by atoms with Gasteiger partial charge in [-0.1, -0.05) is 0 Å². The Morgan fingerprint density at radius 1 is 2.00 bits per heavy atom. The second kappa shape index (κ2) is 3.81. The zero-order valence-electron chi connectivity index (χ0n) is 4.12. The van der Waals surface area contributed by atoms with E-state index in [1.807, 2.05) is 0 Å². The summed E-state index contributed by atoms with van der Waals surface area (Å²) in [5.41, 5.74) is 0. The molecule has 0 aromatic rings. The minimum atomic E-state index is 0.317. The molecule has 0 fully saturated rings. The molecular weight excluding hydrogens is 89.0 g/mol. The van der Waals surface area contributed by atoms with Gasteiger partial charge in [0.1, 0.15) is 0 Å². The SMILES string of the molecule is CNC[C](=O)[Na]. The van der Waals surface area contributed by atoms with E-state index in [-0.39, 0.29) is 0 Å². The van der Waals surface area contributed by atoms with E-state index in [0.717, 1.165) is 0 Å². The first-order valence-corrected chi connectivity index (χ1v) is 2.91. The average molecular weight is 95.1 g/mol. The average Bonchev–Trinajstić information content (AvgIpc) is 1.35. The Kier molecular flexibility index (Phi) is 4.21. The van der Waals surface area contributed by atoms with Gasteiger partial charge in [0.2, 0.25) is 0 Å². The van der Waals surface area contributed by atoms with Gasteiger partial charge in [-0.15, -0.1) is 0 Å². The molecule has 0 heterocycles. The second-order valence-corrected chi connectivity index (χ2v) is 2.35. The molecular formula is C3H6NNaO. The molecule has 0 rings (SSSR count). The predicted octanol–water partition coefficient (Wildman–Crippen LogP) is -1.10. The number of likely N-dealkylation sites (N-methyl/N-ethyl adjacent to an activating group) is 1. The molecule has 6 heavy (non-hydrogen) atoms. The van der Waals surface area contributed by atoms with Gasteiger partial charge in [-0.05, 0) is 0 Å². The number of carbonyl (C=O) groups is 1. The summed E-state index contributed by atoms with van der Waals surface area (Å²) in [5.74, 6) is 0. The normalized spacial score (nSPS) is 8.50. The van der Waals surface area contributed by atoms with Crippen LogP contribution in [-0.2, 0) is 4.79 Å². The van der Waals surface area contributed by atoms with Crippen molar-refractivity contribution in [2.24, 2.45) is 0 Å². The standard InChI is InChI=1S/C3H6NO.Na/c1-4-2-3-5;/h4H,2H2,1H3;. The van der Waals surface area contributed by atoms with Gasteiger partial charge in [-0.25, -0.2) is 0 Å². The van der Waals surface area contributed by atoms with E-state index in [4.69, 9.17) is 0 Å². The molecule has 0 aliphatic heterocycles. The van der Waals surface area contributed by atoms with Crippen molar-refractivity contribution < 1.29 is 4.79 Å². The van der Waals surface area contributed by atoms with Crippen LogP contribution in [0.1, 0.15) is 0 Å². The molecule has 0 spiro atoms. The van der Waals surface area contributed by atoms with E-state index < -0.39 is 0 Å². The van der Waals surface area contributed by atoms with Crippen LogP contribution in [-0.4, -0.2) is 44.6 Å². The summed E-state index contributed by atoms with van der Waals surface area (Å²) in [6.07, 6.45) is 0. The number of rotatable bonds is 2. The number of hydrogen-bond donors (Lipinski definition) is 1. The van der Waals surface area contributed by atoms with Crippen molar-refractivity contribution in [3.05, 3.63) is 0 Å². The molecule has 0 amide bonds. The van der Waals surface area contributed by atoms with Crippen LogP contribution in [0.15, 0.2) is 0 Å². The predicted molar refractivity (Wildman–Crippen MR) is 24.7 cm³/mol. The zero-order valence-corrected chi connectivity index (χ0v) is 6.12. The van der Waals surface area contributed by atoms with Crippen LogP contribution < -0.4 is 5.32 Å². The molecule has 0 aliphatic carbocycles. The van der Waals surface area contributed by atoms with Crippen molar-refractivity contribution in [1.82, 2.24) is 5.32 Å². The van der Waals surface area contributed by atoms with Crippen molar-refractivity contribution in [2.45, 2.75) is 0 Å². The molecule has 3 heteroatoms. The van der Waals surface area contributed by atoms with Crippen LogP contribution in [0.5, 0.6) is 0 Å². The summed E-state index contributed by atoms with van der Waals surface area (Å²) in [6, 6.07) is 0. The zero-order chi connectivity index (χ0) is 4.99. The molecule has 30 valence electrons. The fourth-order valence-electron chi connectivity index (χ4n) is 0.249. The number of nitrogens with one attached hydrogen (secondary N) is 1. The van der Waals surface area contributed by atoms with Crippen LogP contribution in [0.25, 0.3) is 0 Å². The number of hydrogen-bond acceptors (Lipinski definition) is 2. The molecule has 0 bridgehead atoms. The molecule has 1 N–H and O–H groups in total. The first-order valence-electron chi connectivity index (χ1n) is 1.91. The van der Waals surface area contributed by atoms with Crippen LogP contribution >= 0.6 is 0 Å². The molecule has 0 saturated carbocycles. The van der Waals surface area contributed by atoms with E-state index in [1.54, 1.807) is 7.05 Å². The van der Waals surface area contributed by atoms with Crippen molar-refractivity contribution in [1.29, 1.82) is 0 Å². The van der Waals surface area contributed by atoms with Gasteiger partial charge in [0, 0.05) is 0 Å². The van der Waals surface area contributed by atoms with Gasteiger partial charge < -0.3 is 0 Å². The third-order valence-corrected chi connectivity index (χ3v) is 0.779. The summed E-state index contributed by atoms with van der Waals surface area (Å²) in [6.45, 7) is 0.548. The monoisotopic (exact) mass is 95.0 g/mol. The Hall–Kier alpha value is 0.630. The Bertz CT molecular complexity index is 54.8. The maximum absolute atomic E-state index is 10.0. The molecule has 0 saturated heterocycles. The van der Waals surface area contributed by atoms with Gasteiger partial charge >= 0.3 is 54.7 Å². The van der Waals surface area contributed by atoms with Gasteiger partial charge in [-0.3, -0.25) is 0 Å². The first-order chi connectivity index (χ1) is 2.77. The van der Waals surface area contributed by atoms with Gasteiger partial charge in [0.15, 0.2) is 0 Å². The third-order valence-electron chi connectivity index (χ3n) is 0.426. The summed E-state index contributed by atoms with van der Waals surface area (Å²) >= 11 is 0.677. The quantitative estimate of drug-likeness (QED) is 0.441. The second-order valence-electron chi connectivity index (χ2n) is 1.23. The van der Waals surface area contributed by atoms with Gasteiger partial charge in [0.05, 0.1) is 0 Å². The Balaban J connectivity index is 2.83. The molecule has 0 aliphatic rings. The van der Waals surface area contributed by atoms with Gasteiger partial charge in [0.25, 0.3) is 0 Å². The Morgan fingerprint density at radius 3 is 2.50 bits per heavy atom. The first kappa shape index (κ1) is 6.63. The van der Waals surface area contributed by atoms with Crippen molar-refractivity contribution in [3.8, 4) is 0 Å². The van der Waals surface area contributed by atoms with E-state index in [9.17, 15) is 4.79 Å². The van der Waals surface area contributed by atoms with Gasteiger partial charge in [-0.2, -0.15) is 0 Å². The third kappa shape index (κ3) is 4.63. The summed E-state index contributed by atoms with van der Waals surface area (Å²) < 4.78 is 0.317. The van der Waals surface area contributed by atoms with E-state index in [2.05, 4.69) is 5.32 Å². The maximum atomic E-state index is 10.0. The fraction of sp³-hybridized carbons (Fsp3) is 0.667. The van der Waals surface area contributed by atoms with Crippen LogP contribution in [0.4, 0.5) is 0 Å². The van der Waals surface area contributed by atoms with E-state index in [0.29, 0.717) is 37.5 Å². The number of carbonyl (C=O) groups excluding carboxylic acids is 1. The van der Waals surface area contributed by atoms with Crippen molar-refractivity contribution in [2.75, 3.05) is 13.6 Å². The summed E-state index contributed by atoms with van der Waals surface area (Å²) in [4.78, 5) is 10.0. The van der Waals surface area contributed by atoms with Crippen molar-refractivity contribution in [3.63, 3.8) is 0 Å². The molecule has 2 nitrogen and oxygen atoms in total. The molecule has 0 radical (unpaired) electrons. The summed E-state index contributed by atoms with van der Waals surface area (Å²) in [5, 5.41) is 2.75. The van der Waals surface area contributed by atoms with E-state index in [1.165, 1.54) is 0 Å². The van der Waals surface area contributed by atoms with Crippen LogP contribution in [0.2, 0.25) is 0 Å².